The zero-order chi connectivity index (χ0) is 21.9. The van der Waals surface area contributed by atoms with Crippen LogP contribution in [-0.2, 0) is 0 Å². The number of fused-ring (bicyclic) bond motifs is 5. The Labute approximate surface area is 184 Å². The van der Waals surface area contributed by atoms with Crippen LogP contribution < -0.4 is 0 Å². The number of aliphatic hydroxyl groups excluding tert-OH is 1. The first-order chi connectivity index (χ1) is 14.0. The van der Waals surface area contributed by atoms with Crippen LogP contribution in [0.1, 0.15) is 86.5 Å². The highest BCUT2D eigenvalue weighted by Crippen LogP contribution is 2.66. The summed E-state index contributed by atoms with van der Waals surface area (Å²) in [5, 5.41) is 21.8. The number of allylic oxidation sites excluding steroid dienone is 4. The highest BCUT2D eigenvalue weighted by Gasteiger charge is 2.59. The molecule has 2 nitrogen and oxygen atoms in total. The van der Waals surface area contributed by atoms with E-state index in [4.69, 9.17) is 0 Å². The summed E-state index contributed by atoms with van der Waals surface area (Å²) in [4.78, 5) is 0. The third kappa shape index (κ3) is 3.47. The number of hydrogen-bond donors (Lipinski definition) is 2. The molecule has 0 spiro atoms. The van der Waals surface area contributed by atoms with Crippen LogP contribution in [0, 0.1) is 40.4 Å². The van der Waals surface area contributed by atoms with Gasteiger partial charge in [-0.25, -0.2) is 0 Å². The SMILES string of the molecule is CC(C)[C@@H](C)/C=C/C(C)(O)[C@H]1CC[C@H]2C3=CC=C4C[C@@H](O)CC[C@]4(C)[C@H]3CC[C@]12C. The molecule has 0 bridgehead atoms. The molecule has 2 N–H and O–H groups in total. The fourth-order valence-electron chi connectivity index (χ4n) is 7.63. The Morgan fingerprint density at radius 2 is 1.77 bits per heavy atom. The van der Waals surface area contributed by atoms with Crippen molar-refractivity contribution in [2.75, 3.05) is 0 Å². The van der Waals surface area contributed by atoms with Gasteiger partial charge in [0.25, 0.3) is 0 Å². The summed E-state index contributed by atoms with van der Waals surface area (Å²) in [5.41, 5.74) is 2.80. The lowest BCUT2D eigenvalue weighted by Crippen LogP contribution is -2.49. The van der Waals surface area contributed by atoms with Gasteiger partial charge in [-0.05, 0) is 92.3 Å². The second kappa shape index (κ2) is 7.62. The van der Waals surface area contributed by atoms with E-state index in [1.54, 1.807) is 5.57 Å². The van der Waals surface area contributed by atoms with Crippen molar-refractivity contribution in [3.05, 3.63) is 35.5 Å². The third-order valence-electron chi connectivity index (χ3n) is 10.0. The van der Waals surface area contributed by atoms with E-state index < -0.39 is 5.60 Å². The van der Waals surface area contributed by atoms with Gasteiger partial charge in [-0.15, -0.1) is 0 Å². The van der Waals surface area contributed by atoms with E-state index in [2.05, 4.69) is 65.8 Å². The Morgan fingerprint density at radius 3 is 2.47 bits per heavy atom. The average Bonchev–Trinajstić information content (AvgIpc) is 3.04. The van der Waals surface area contributed by atoms with Crippen molar-refractivity contribution in [3.8, 4) is 0 Å². The minimum Gasteiger partial charge on any atom is -0.393 e. The molecule has 1 unspecified atom stereocenters. The Hall–Kier alpha value is -0.860. The highest BCUT2D eigenvalue weighted by molar-refractivity contribution is 5.39. The van der Waals surface area contributed by atoms with Crippen LogP contribution in [0.2, 0.25) is 0 Å². The third-order valence-corrected chi connectivity index (χ3v) is 10.0. The molecule has 3 fully saturated rings. The summed E-state index contributed by atoms with van der Waals surface area (Å²) < 4.78 is 0. The Bertz CT molecular complexity index is 757. The van der Waals surface area contributed by atoms with Gasteiger partial charge in [0.2, 0.25) is 0 Å². The van der Waals surface area contributed by atoms with Gasteiger partial charge in [0.1, 0.15) is 0 Å². The van der Waals surface area contributed by atoms with Crippen molar-refractivity contribution in [3.63, 3.8) is 0 Å². The minimum atomic E-state index is -0.742. The van der Waals surface area contributed by atoms with Crippen LogP contribution in [-0.4, -0.2) is 21.9 Å². The molecule has 0 aromatic carbocycles. The molecule has 3 saturated carbocycles. The molecule has 2 heteroatoms. The number of rotatable bonds is 4. The van der Waals surface area contributed by atoms with Crippen molar-refractivity contribution < 1.29 is 10.2 Å². The van der Waals surface area contributed by atoms with Gasteiger partial charge in [-0.3, -0.25) is 0 Å². The second-order valence-corrected chi connectivity index (χ2v) is 12.1. The Balaban J connectivity index is 1.61. The van der Waals surface area contributed by atoms with E-state index in [0.29, 0.717) is 29.6 Å². The maximum Gasteiger partial charge on any atom is 0.0833 e. The molecule has 0 aromatic heterocycles. The van der Waals surface area contributed by atoms with E-state index in [0.717, 1.165) is 25.7 Å². The number of hydrogen-bond acceptors (Lipinski definition) is 2. The first-order valence-electron chi connectivity index (χ1n) is 12.5. The second-order valence-electron chi connectivity index (χ2n) is 12.1. The highest BCUT2D eigenvalue weighted by atomic mass is 16.3. The smallest absolute Gasteiger partial charge is 0.0833 e. The number of aliphatic hydroxyl groups is 2. The van der Waals surface area contributed by atoms with Crippen molar-refractivity contribution in [1.82, 2.24) is 0 Å². The standard InChI is InChI=1S/C28H44O2/c1-18(2)19(3)11-16-28(6,30)25-10-9-23-22-8-7-20-17-21(29)12-14-26(20,4)24(22)13-15-27(23,25)5/h7-8,11,16,18-19,21,23-25,29-30H,9-10,12-15,17H2,1-6H3/b16-11+/t19-,21-,23-,24-,25-,26-,27-,28?/m0/s1. The molecule has 0 saturated heterocycles. The molecule has 8 atom stereocenters. The Morgan fingerprint density at radius 1 is 1.03 bits per heavy atom. The predicted octanol–water partition coefficient (Wildman–Crippen LogP) is 6.45. The molecule has 0 heterocycles. The van der Waals surface area contributed by atoms with Gasteiger partial charge in [-0.1, -0.05) is 70.1 Å². The van der Waals surface area contributed by atoms with Crippen LogP contribution in [0.4, 0.5) is 0 Å². The van der Waals surface area contributed by atoms with Gasteiger partial charge in [0.05, 0.1) is 11.7 Å². The Kier molecular flexibility index (Phi) is 5.68. The van der Waals surface area contributed by atoms with E-state index in [1.165, 1.54) is 24.8 Å². The zero-order valence-electron chi connectivity index (χ0n) is 20.1. The first kappa shape index (κ1) is 22.3. The summed E-state index contributed by atoms with van der Waals surface area (Å²) in [6.45, 7) is 13.7. The lowest BCUT2D eigenvalue weighted by molar-refractivity contribution is -0.0363. The van der Waals surface area contributed by atoms with Crippen molar-refractivity contribution in [2.45, 2.75) is 98.2 Å². The van der Waals surface area contributed by atoms with Crippen LogP contribution in [0.25, 0.3) is 0 Å². The molecular weight excluding hydrogens is 368 g/mol. The predicted molar refractivity (Wildman–Crippen MR) is 125 cm³/mol. The van der Waals surface area contributed by atoms with E-state index >= 15 is 0 Å². The van der Waals surface area contributed by atoms with E-state index in [-0.39, 0.29) is 16.9 Å². The normalized spacial score (nSPS) is 44.0. The fourth-order valence-corrected chi connectivity index (χ4v) is 7.63. The summed E-state index contributed by atoms with van der Waals surface area (Å²) in [5.74, 6) is 2.62. The summed E-state index contributed by atoms with van der Waals surface area (Å²) in [7, 11) is 0. The summed E-state index contributed by atoms with van der Waals surface area (Å²) in [6.07, 6.45) is 16.7. The van der Waals surface area contributed by atoms with Gasteiger partial charge in [-0.2, -0.15) is 0 Å². The van der Waals surface area contributed by atoms with Crippen molar-refractivity contribution >= 4 is 0 Å². The molecule has 0 amide bonds. The van der Waals surface area contributed by atoms with E-state index in [9.17, 15) is 10.2 Å². The maximum absolute atomic E-state index is 11.6. The molecule has 0 aliphatic heterocycles. The molecule has 0 radical (unpaired) electrons. The minimum absolute atomic E-state index is 0.154. The van der Waals surface area contributed by atoms with Crippen LogP contribution >= 0.6 is 0 Å². The topological polar surface area (TPSA) is 40.5 Å². The molecular formula is C28H44O2. The lowest BCUT2D eigenvalue weighted by atomic mass is 9.49. The molecule has 0 aromatic rings. The van der Waals surface area contributed by atoms with Crippen molar-refractivity contribution in [2.24, 2.45) is 40.4 Å². The summed E-state index contributed by atoms with van der Waals surface area (Å²) in [6, 6.07) is 0. The molecule has 4 aliphatic carbocycles. The van der Waals surface area contributed by atoms with Crippen molar-refractivity contribution in [1.29, 1.82) is 0 Å². The molecule has 30 heavy (non-hydrogen) atoms. The van der Waals surface area contributed by atoms with Crippen LogP contribution in [0.3, 0.4) is 0 Å². The van der Waals surface area contributed by atoms with Gasteiger partial charge >= 0.3 is 0 Å². The molecule has 168 valence electrons. The van der Waals surface area contributed by atoms with Gasteiger partial charge in [0, 0.05) is 0 Å². The zero-order valence-corrected chi connectivity index (χ0v) is 20.1. The lowest BCUT2D eigenvalue weighted by Gasteiger charge is -2.55. The van der Waals surface area contributed by atoms with E-state index in [1.807, 2.05) is 0 Å². The summed E-state index contributed by atoms with van der Waals surface area (Å²) >= 11 is 0. The van der Waals surface area contributed by atoms with Gasteiger partial charge < -0.3 is 10.2 Å². The van der Waals surface area contributed by atoms with Crippen LogP contribution in [0.5, 0.6) is 0 Å². The first-order valence-corrected chi connectivity index (χ1v) is 12.5. The molecule has 4 rings (SSSR count). The average molecular weight is 413 g/mol. The maximum atomic E-state index is 11.6. The fraction of sp³-hybridized carbons (Fsp3) is 0.786. The van der Waals surface area contributed by atoms with Crippen LogP contribution in [0.15, 0.2) is 35.5 Å². The monoisotopic (exact) mass is 412 g/mol. The van der Waals surface area contributed by atoms with Gasteiger partial charge in [0.15, 0.2) is 0 Å². The largest absolute Gasteiger partial charge is 0.393 e. The molecule has 4 aliphatic rings. The quantitative estimate of drug-likeness (QED) is 0.521.